The van der Waals surface area contributed by atoms with Crippen molar-refractivity contribution in [2.24, 2.45) is 0 Å². The van der Waals surface area contributed by atoms with Crippen LogP contribution >= 0.6 is 0 Å². The van der Waals surface area contributed by atoms with Gasteiger partial charge in [0, 0.05) is 17.7 Å². The molecule has 2 heterocycles. The summed E-state index contributed by atoms with van der Waals surface area (Å²) in [7, 11) is 0. The number of hydrogen-bond donors (Lipinski definition) is 0. The van der Waals surface area contributed by atoms with Gasteiger partial charge in [-0.25, -0.2) is 0 Å². The molecular formula is C18H21N3O3. The molecule has 4 rings (SSSR count). The summed E-state index contributed by atoms with van der Waals surface area (Å²) in [6, 6.07) is 7.62. The predicted octanol–water partition coefficient (Wildman–Crippen LogP) is 2.83. The Balaban J connectivity index is 1.53. The molecule has 6 nitrogen and oxygen atoms in total. The van der Waals surface area contributed by atoms with E-state index >= 15 is 0 Å². The minimum atomic E-state index is 0.0865. The van der Waals surface area contributed by atoms with Crippen molar-refractivity contribution in [1.29, 1.82) is 0 Å². The van der Waals surface area contributed by atoms with Gasteiger partial charge in [0.1, 0.15) is 0 Å². The molecule has 0 spiro atoms. The van der Waals surface area contributed by atoms with Gasteiger partial charge in [0.2, 0.25) is 0 Å². The molecule has 1 amide bonds. The van der Waals surface area contributed by atoms with Gasteiger partial charge in [-0.05, 0) is 44.0 Å². The zero-order chi connectivity index (χ0) is 16.5. The maximum Gasteiger partial charge on any atom is 0.257 e. The summed E-state index contributed by atoms with van der Waals surface area (Å²) >= 11 is 0. The molecule has 2 atom stereocenters. The highest BCUT2D eigenvalue weighted by molar-refractivity contribution is 5.95. The van der Waals surface area contributed by atoms with Crippen LogP contribution in [0.2, 0.25) is 0 Å². The number of ether oxygens (including phenoxy) is 1. The van der Waals surface area contributed by atoms with E-state index in [0.29, 0.717) is 30.4 Å². The fourth-order valence-electron chi connectivity index (χ4n) is 3.68. The monoisotopic (exact) mass is 327 g/mol. The van der Waals surface area contributed by atoms with Crippen molar-refractivity contribution in [2.45, 2.75) is 44.8 Å². The lowest BCUT2D eigenvalue weighted by Crippen LogP contribution is -2.54. The lowest BCUT2D eigenvalue weighted by molar-refractivity contribution is -0.0752. The van der Waals surface area contributed by atoms with Crippen LogP contribution in [0.1, 0.15) is 41.9 Å². The summed E-state index contributed by atoms with van der Waals surface area (Å²) in [5.74, 6) is 1.16. The summed E-state index contributed by atoms with van der Waals surface area (Å²) in [5, 5.41) is 3.79. The van der Waals surface area contributed by atoms with Crippen molar-refractivity contribution >= 4 is 5.91 Å². The molecule has 0 N–H and O–H groups in total. The molecule has 1 saturated carbocycles. The van der Waals surface area contributed by atoms with E-state index in [9.17, 15) is 4.79 Å². The van der Waals surface area contributed by atoms with Crippen molar-refractivity contribution in [3.63, 3.8) is 0 Å². The number of benzene rings is 1. The summed E-state index contributed by atoms with van der Waals surface area (Å²) in [4.78, 5) is 19.1. The quantitative estimate of drug-likeness (QED) is 0.848. The Morgan fingerprint density at radius 2 is 2.00 bits per heavy atom. The molecule has 0 bridgehead atoms. The van der Waals surface area contributed by atoms with Crippen molar-refractivity contribution in [1.82, 2.24) is 15.0 Å². The van der Waals surface area contributed by atoms with Crippen LogP contribution in [0.15, 0.2) is 28.8 Å². The summed E-state index contributed by atoms with van der Waals surface area (Å²) in [5.41, 5.74) is 1.52. The number of carbonyl (C=O) groups is 1. The van der Waals surface area contributed by atoms with E-state index in [1.807, 2.05) is 29.2 Å². The second-order valence-electron chi connectivity index (χ2n) is 6.48. The Hall–Kier alpha value is -2.21. The van der Waals surface area contributed by atoms with Crippen molar-refractivity contribution in [3.05, 3.63) is 35.7 Å². The van der Waals surface area contributed by atoms with Gasteiger partial charge < -0.3 is 14.2 Å². The van der Waals surface area contributed by atoms with Crippen LogP contribution in [0.3, 0.4) is 0 Å². The third-order valence-electron chi connectivity index (χ3n) is 4.90. The number of fused-ring (bicyclic) bond motifs is 1. The van der Waals surface area contributed by atoms with Crippen LogP contribution in [0.4, 0.5) is 0 Å². The number of hydrogen-bond acceptors (Lipinski definition) is 5. The Morgan fingerprint density at radius 1 is 1.21 bits per heavy atom. The van der Waals surface area contributed by atoms with Crippen molar-refractivity contribution in [2.75, 3.05) is 13.2 Å². The van der Waals surface area contributed by atoms with E-state index in [2.05, 4.69) is 10.1 Å². The molecule has 6 heteroatoms. The number of rotatable bonds is 2. The van der Waals surface area contributed by atoms with Gasteiger partial charge in [-0.2, -0.15) is 4.98 Å². The molecule has 2 fully saturated rings. The Bertz CT molecular complexity index is 723. The number of aryl methyl sites for hydroxylation is 1. The number of carbonyl (C=O) groups excluding carboxylic acids is 1. The number of morpholine rings is 1. The molecule has 1 aliphatic heterocycles. The smallest absolute Gasteiger partial charge is 0.257 e. The lowest BCUT2D eigenvalue weighted by Gasteiger charge is -2.43. The average Bonchev–Trinajstić information content (AvgIpc) is 3.07. The average molecular weight is 327 g/mol. The zero-order valence-corrected chi connectivity index (χ0v) is 13.8. The van der Waals surface area contributed by atoms with E-state index in [1.165, 1.54) is 12.8 Å². The van der Waals surface area contributed by atoms with Crippen molar-refractivity contribution < 1.29 is 14.1 Å². The minimum absolute atomic E-state index is 0.0865. The zero-order valence-electron chi connectivity index (χ0n) is 13.8. The van der Waals surface area contributed by atoms with Gasteiger partial charge in [0.05, 0.1) is 18.8 Å². The first kappa shape index (κ1) is 15.3. The van der Waals surface area contributed by atoms with E-state index in [-0.39, 0.29) is 18.1 Å². The number of nitrogens with zero attached hydrogens (tertiary/aromatic N) is 3. The van der Waals surface area contributed by atoms with Crippen LogP contribution in [-0.2, 0) is 4.74 Å². The van der Waals surface area contributed by atoms with E-state index in [4.69, 9.17) is 9.26 Å². The van der Waals surface area contributed by atoms with Crippen LogP contribution in [0, 0.1) is 6.92 Å². The Kier molecular flexibility index (Phi) is 4.06. The Labute approximate surface area is 140 Å². The van der Waals surface area contributed by atoms with E-state index in [0.717, 1.165) is 18.4 Å². The van der Waals surface area contributed by atoms with Gasteiger partial charge in [-0.1, -0.05) is 18.0 Å². The highest BCUT2D eigenvalue weighted by Crippen LogP contribution is 2.29. The van der Waals surface area contributed by atoms with E-state index < -0.39 is 0 Å². The molecule has 0 radical (unpaired) electrons. The second kappa shape index (κ2) is 6.36. The molecule has 0 unspecified atom stereocenters. The third kappa shape index (κ3) is 2.82. The van der Waals surface area contributed by atoms with E-state index in [1.54, 1.807) is 6.92 Å². The fraction of sp³-hybridized carbons (Fsp3) is 0.500. The molecule has 2 aromatic rings. The highest BCUT2D eigenvalue weighted by Gasteiger charge is 2.36. The molecule has 1 aliphatic carbocycles. The molecule has 24 heavy (non-hydrogen) atoms. The molecule has 1 saturated heterocycles. The highest BCUT2D eigenvalue weighted by atomic mass is 16.5. The SMILES string of the molecule is Cc1noc(-c2ccc(C(=O)N3CCO[C@@H]4CCCC[C@@H]43)cc2)n1. The summed E-state index contributed by atoms with van der Waals surface area (Å²) in [6.07, 6.45) is 4.67. The molecule has 1 aromatic heterocycles. The van der Waals surface area contributed by atoms with Gasteiger partial charge >= 0.3 is 0 Å². The standard InChI is InChI=1S/C18H21N3O3/c1-12-19-17(24-20-12)13-6-8-14(9-7-13)18(22)21-10-11-23-16-5-3-2-4-15(16)21/h6-9,15-16H,2-5,10-11H2,1H3/t15-,16+/m0/s1. The second-order valence-corrected chi connectivity index (χ2v) is 6.48. The fourth-order valence-corrected chi connectivity index (χ4v) is 3.68. The predicted molar refractivity (Wildman–Crippen MR) is 87.5 cm³/mol. The van der Waals surface area contributed by atoms with Gasteiger partial charge in [-0.3, -0.25) is 4.79 Å². The Morgan fingerprint density at radius 3 is 2.75 bits per heavy atom. The maximum absolute atomic E-state index is 12.9. The third-order valence-corrected chi connectivity index (χ3v) is 4.90. The lowest BCUT2D eigenvalue weighted by atomic mass is 9.89. The molecule has 126 valence electrons. The summed E-state index contributed by atoms with van der Waals surface area (Å²) < 4.78 is 11.0. The first-order valence-corrected chi connectivity index (χ1v) is 8.56. The van der Waals surface area contributed by atoms with Crippen LogP contribution < -0.4 is 0 Å². The van der Waals surface area contributed by atoms with Gasteiger partial charge in [-0.15, -0.1) is 0 Å². The molecular weight excluding hydrogens is 306 g/mol. The molecule has 1 aromatic carbocycles. The van der Waals surface area contributed by atoms with Gasteiger partial charge in [0.25, 0.3) is 11.8 Å². The largest absolute Gasteiger partial charge is 0.374 e. The van der Waals surface area contributed by atoms with Crippen molar-refractivity contribution in [3.8, 4) is 11.5 Å². The molecule has 2 aliphatic rings. The van der Waals surface area contributed by atoms with Crippen LogP contribution in [0.5, 0.6) is 0 Å². The summed E-state index contributed by atoms with van der Waals surface area (Å²) in [6.45, 7) is 3.08. The van der Waals surface area contributed by atoms with Crippen LogP contribution in [0.25, 0.3) is 11.5 Å². The van der Waals surface area contributed by atoms with Crippen LogP contribution in [-0.4, -0.2) is 46.2 Å². The first-order chi connectivity index (χ1) is 11.7. The number of aromatic nitrogens is 2. The first-order valence-electron chi connectivity index (χ1n) is 8.56. The van der Waals surface area contributed by atoms with Gasteiger partial charge in [0.15, 0.2) is 5.82 Å². The normalized spacial score (nSPS) is 23.8. The minimum Gasteiger partial charge on any atom is -0.374 e. The number of amides is 1. The maximum atomic E-state index is 12.9. The topological polar surface area (TPSA) is 68.5 Å².